The van der Waals surface area contributed by atoms with Gasteiger partial charge in [-0.1, -0.05) is 31.0 Å². The maximum absolute atomic E-state index is 13.7. The summed E-state index contributed by atoms with van der Waals surface area (Å²) >= 11 is 0. The van der Waals surface area contributed by atoms with Crippen LogP contribution in [0.2, 0.25) is 0 Å². The van der Waals surface area contributed by atoms with Gasteiger partial charge in [0, 0.05) is 18.2 Å². The normalized spacial score (nSPS) is 18.5. The molecule has 1 aliphatic carbocycles. The number of aryl methyl sites for hydroxylation is 1. The number of rotatable bonds is 10. The molecule has 2 N–H and O–H groups in total. The largest absolute Gasteiger partial charge is 0.465 e. The van der Waals surface area contributed by atoms with Crippen LogP contribution in [0.25, 0.3) is 0 Å². The van der Waals surface area contributed by atoms with Crippen LogP contribution >= 0.6 is 0 Å². The predicted molar refractivity (Wildman–Crippen MR) is 149 cm³/mol. The van der Waals surface area contributed by atoms with E-state index in [9.17, 15) is 24.0 Å². The molecule has 0 bridgehead atoms. The molecule has 0 unspecified atom stereocenters. The third kappa shape index (κ3) is 8.53. The van der Waals surface area contributed by atoms with Crippen LogP contribution in [0.5, 0.6) is 0 Å². The molecule has 1 aliphatic heterocycles. The van der Waals surface area contributed by atoms with Crippen molar-refractivity contribution in [3.8, 4) is 0 Å². The summed E-state index contributed by atoms with van der Waals surface area (Å²) in [6, 6.07) is 6.52. The second kappa shape index (κ2) is 13.3. The fourth-order valence-corrected chi connectivity index (χ4v) is 5.22. The minimum Gasteiger partial charge on any atom is -0.465 e. The molecule has 3 rings (SSSR count). The third-order valence-electron chi connectivity index (χ3n) is 7.12. The van der Waals surface area contributed by atoms with Gasteiger partial charge in [-0.15, -0.1) is 0 Å². The molecule has 1 heterocycles. The van der Waals surface area contributed by atoms with Crippen LogP contribution in [0.15, 0.2) is 24.3 Å². The van der Waals surface area contributed by atoms with Crippen molar-refractivity contribution in [1.29, 1.82) is 0 Å². The van der Waals surface area contributed by atoms with E-state index in [0.29, 0.717) is 31.4 Å². The highest BCUT2D eigenvalue weighted by Gasteiger charge is 2.44. The molecule has 40 heavy (non-hydrogen) atoms. The Bertz CT molecular complexity index is 1100. The number of hydrogen-bond donors (Lipinski definition) is 2. The first-order valence-corrected chi connectivity index (χ1v) is 14.2. The lowest BCUT2D eigenvalue weighted by Gasteiger charge is -2.31. The van der Waals surface area contributed by atoms with Crippen molar-refractivity contribution in [2.45, 2.75) is 104 Å². The Hall–Kier alpha value is -3.43. The first-order valence-electron chi connectivity index (χ1n) is 14.2. The predicted octanol–water partition coefficient (Wildman–Crippen LogP) is 3.20. The second-order valence-corrected chi connectivity index (χ2v) is 12.1. The van der Waals surface area contributed by atoms with Crippen molar-refractivity contribution >= 4 is 35.3 Å². The van der Waals surface area contributed by atoms with Crippen LogP contribution in [-0.4, -0.2) is 60.5 Å². The van der Waals surface area contributed by atoms with E-state index >= 15 is 0 Å². The van der Waals surface area contributed by atoms with Crippen molar-refractivity contribution in [1.82, 2.24) is 10.6 Å². The molecular formula is C30H43N3O7. The Kier molecular flexibility index (Phi) is 10.3. The quantitative estimate of drug-likeness (QED) is 0.423. The SMILES string of the molecule is CC(C)NC(=O)CCC(=O)OCC1(C(=O)N[C@H]2CCc3ccccc3N(CC(=O)OC(C)(C)C)C2=O)CCCC1. The van der Waals surface area contributed by atoms with Gasteiger partial charge in [0.25, 0.3) is 0 Å². The number of esters is 2. The average molecular weight is 558 g/mol. The van der Waals surface area contributed by atoms with Crippen LogP contribution < -0.4 is 15.5 Å². The van der Waals surface area contributed by atoms with Crippen molar-refractivity contribution < 1.29 is 33.4 Å². The van der Waals surface area contributed by atoms with Crippen LogP contribution in [0.3, 0.4) is 0 Å². The van der Waals surface area contributed by atoms with Gasteiger partial charge in [0.05, 0.1) is 11.8 Å². The molecule has 10 nitrogen and oxygen atoms in total. The maximum Gasteiger partial charge on any atom is 0.326 e. The van der Waals surface area contributed by atoms with E-state index in [0.717, 1.165) is 18.4 Å². The number of ether oxygens (including phenoxy) is 2. The molecule has 1 atom stereocenters. The molecule has 10 heteroatoms. The van der Waals surface area contributed by atoms with Crippen molar-refractivity contribution in [3.63, 3.8) is 0 Å². The molecular weight excluding hydrogens is 514 g/mol. The third-order valence-corrected chi connectivity index (χ3v) is 7.12. The molecule has 1 aromatic rings. The number of benzene rings is 1. The molecule has 0 saturated heterocycles. The van der Waals surface area contributed by atoms with Gasteiger partial charge in [0.15, 0.2) is 0 Å². The smallest absolute Gasteiger partial charge is 0.326 e. The Balaban J connectivity index is 1.69. The highest BCUT2D eigenvalue weighted by molar-refractivity contribution is 6.03. The summed E-state index contributed by atoms with van der Waals surface area (Å²) in [4.78, 5) is 65.7. The first-order chi connectivity index (χ1) is 18.8. The number of anilines is 1. The topological polar surface area (TPSA) is 131 Å². The van der Waals surface area contributed by atoms with Gasteiger partial charge < -0.3 is 20.1 Å². The summed E-state index contributed by atoms with van der Waals surface area (Å²) in [7, 11) is 0. The molecule has 3 amide bonds. The van der Waals surface area contributed by atoms with Gasteiger partial charge in [0.1, 0.15) is 24.8 Å². The maximum atomic E-state index is 13.7. The van der Waals surface area contributed by atoms with E-state index in [4.69, 9.17) is 9.47 Å². The lowest BCUT2D eigenvalue weighted by Crippen LogP contribution is -2.54. The van der Waals surface area contributed by atoms with Crippen LogP contribution in [0.4, 0.5) is 5.69 Å². The zero-order chi connectivity index (χ0) is 29.5. The Morgan fingerprint density at radius 3 is 2.38 bits per heavy atom. The van der Waals surface area contributed by atoms with E-state index in [2.05, 4.69) is 10.6 Å². The van der Waals surface area contributed by atoms with Gasteiger partial charge in [-0.2, -0.15) is 0 Å². The average Bonchev–Trinajstić information content (AvgIpc) is 3.31. The van der Waals surface area contributed by atoms with Crippen molar-refractivity contribution in [3.05, 3.63) is 29.8 Å². The summed E-state index contributed by atoms with van der Waals surface area (Å²) in [6.07, 6.45) is 3.51. The van der Waals surface area contributed by atoms with E-state index in [1.54, 1.807) is 32.9 Å². The Labute approximate surface area is 236 Å². The van der Waals surface area contributed by atoms with Crippen LogP contribution in [0.1, 0.15) is 85.1 Å². The van der Waals surface area contributed by atoms with Crippen LogP contribution in [0, 0.1) is 5.41 Å². The van der Waals surface area contributed by atoms with Crippen LogP contribution in [-0.2, 0) is 39.9 Å². The Morgan fingerprint density at radius 1 is 1.05 bits per heavy atom. The van der Waals surface area contributed by atoms with E-state index in [-0.39, 0.29) is 49.8 Å². The standard InChI is InChI=1S/C30H43N3O7/c1-20(2)31-24(34)14-15-25(35)39-19-30(16-8-9-17-30)28(38)32-22-13-12-21-10-6-7-11-23(21)33(27(22)37)18-26(36)40-29(3,4)5/h6-7,10-11,20,22H,8-9,12-19H2,1-5H3,(H,31,34)(H,32,38)/t22-/m0/s1. The number of amides is 3. The molecule has 1 aromatic carbocycles. The number of hydrogen-bond acceptors (Lipinski definition) is 7. The highest BCUT2D eigenvalue weighted by atomic mass is 16.6. The van der Waals surface area contributed by atoms with E-state index in [1.165, 1.54) is 4.90 Å². The number of nitrogens with zero attached hydrogens (tertiary/aromatic N) is 1. The molecule has 2 aliphatic rings. The molecule has 1 fully saturated rings. The summed E-state index contributed by atoms with van der Waals surface area (Å²) in [5.74, 6) is -2.03. The summed E-state index contributed by atoms with van der Waals surface area (Å²) in [5, 5.41) is 5.67. The fraction of sp³-hybridized carbons (Fsp3) is 0.633. The number of nitrogens with one attached hydrogen (secondary N) is 2. The molecule has 0 radical (unpaired) electrons. The lowest BCUT2D eigenvalue weighted by atomic mass is 9.85. The van der Waals surface area contributed by atoms with E-state index in [1.807, 2.05) is 26.0 Å². The number of carbonyl (C=O) groups excluding carboxylic acids is 5. The number of fused-ring (bicyclic) bond motifs is 1. The minimum absolute atomic E-state index is 0.0147. The lowest BCUT2D eigenvalue weighted by molar-refractivity contribution is -0.153. The van der Waals surface area contributed by atoms with Gasteiger partial charge in [-0.3, -0.25) is 28.9 Å². The molecule has 220 valence electrons. The molecule has 0 spiro atoms. The van der Waals surface area contributed by atoms with Gasteiger partial charge in [0.2, 0.25) is 17.7 Å². The van der Waals surface area contributed by atoms with Gasteiger partial charge in [-0.05, 0) is 71.9 Å². The van der Waals surface area contributed by atoms with Crippen molar-refractivity contribution in [2.75, 3.05) is 18.1 Å². The van der Waals surface area contributed by atoms with Crippen molar-refractivity contribution in [2.24, 2.45) is 5.41 Å². The number of carbonyl (C=O) groups is 5. The second-order valence-electron chi connectivity index (χ2n) is 12.1. The molecule has 1 saturated carbocycles. The zero-order valence-electron chi connectivity index (χ0n) is 24.3. The minimum atomic E-state index is -0.939. The van der Waals surface area contributed by atoms with Gasteiger partial charge in [-0.25, -0.2) is 0 Å². The fourth-order valence-electron chi connectivity index (χ4n) is 5.22. The zero-order valence-corrected chi connectivity index (χ0v) is 24.3. The first kappa shape index (κ1) is 31.1. The van der Waals surface area contributed by atoms with Gasteiger partial charge >= 0.3 is 11.9 Å². The molecule has 0 aromatic heterocycles. The highest BCUT2D eigenvalue weighted by Crippen LogP contribution is 2.39. The number of para-hydroxylation sites is 1. The Morgan fingerprint density at radius 2 is 1.73 bits per heavy atom. The summed E-state index contributed by atoms with van der Waals surface area (Å²) in [5.41, 5.74) is -0.113. The monoisotopic (exact) mass is 557 g/mol. The summed E-state index contributed by atoms with van der Waals surface area (Å²) in [6.45, 7) is 8.60. The van der Waals surface area contributed by atoms with E-state index < -0.39 is 29.0 Å². The summed E-state index contributed by atoms with van der Waals surface area (Å²) < 4.78 is 11.0.